The Morgan fingerprint density at radius 3 is 2.58 bits per heavy atom. The molecule has 0 atom stereocenters. The summed E-state index contributed by atoms with van der Waals surface area (Å²) in [6, 6.07) is 7.68. The summed E-state index contributed by atoms with van der Waals surface area (Å²) < 4.78 is 41.1. The Kier molecular flexibility index (Phi) is 5.32. The van der Waals surface area contributed by atoms with Gasteiger partial charge in [-0.05, 0) is 42.3 Å². The van der Waals surface area contributed by atoms with Gasteiger partial charge >= 0.3 is 6.09 Å². The van der Waals surface area contributed by atoms with Crippen LogP contribution in [0.15, 0.2) is 53.3 Å². The molecule has 0 unspecified atom stereocenters. The number of halogens is 1. The molecule has 1 amide bonds. The third-order valence-electron chi connectivity index (χ3n) is 6.52. The first-order valence-corrected chi connectivity index (χ1v) is 13.2. The zero-order valence-electron chi connectivity index (χ0n) is 18.9. The van der Waals surface area contributed by atoms with Crippen molar-refractivity contribution >= 4 is 33.4 Å². The van der Waals surface area contributed by atoms with Crippen LogP contribution in [0.3, 0.4) is 0 Å². The summed E-state index contributed by atoms with van der Waals surface area (Å²) in [5.41, 5.74) is 3.80. The minimum Gasteiger partial charge on any atom is -0.465 e. The molecule has 0 aliphatic carbocycles. The van der Waals surface area contributed by atoms with Gasteiger partial charge in [0.1, 0.15) is 23.6 Å². The molecule has 1 saturated heterocycles. The number of carboxylic acid groups (broad SMARTS) is 1. The summed E-state index contributed by atoms with van der Waals surface area (Å²) in [4.78, 5) is 21.3. The van der Waals surface area contributed by atoms with E-state index >= 15 is 0 Å². The van der Waals surface area contributed by atoms with Crippen molar-refractivity contribution in [2.45, 2.75) is 12.5 Å². The van der Waals surface area contributed by atoms with Crippen LogP contribution in [0.1, 0.15) is 18.2 Å². The van der Waals surface area contributed by atoms with Gasteiger partial charge in [-0.2, -0.15) is 15.7 Å². The first-order chi connectivity index (χ1) is 17.3. The number of fused-ring (bicyclic) bond motifs is 1. The average molecular weight is 512 g/mol. The molecule has 1 fully saturated rings. The number of furan rings is 1. The molecular formula is C24H22FN5O5S. The van der Waals surface area contributed by atoms with Crippen LogP contribution < -0.4 is 0 Å². The minimum atomic E-state index is -2.57. The van der Waals surface area contributed by atoms with Crippen LogP contribution in [0.5, 0.6) is 0 Å². The maximum atomic E-state index is 13.6. The molecule has 1 aromatic carbocycles. The van der Waals surface area contributed by atoms with Gasteiger partial charge < -0.3 is 14.4 Å². The van der Waals surface area contributed by atoms with Crippen molar-refractivity contribution in [1.82, 2.24) is 24.6 Å². The predicted molar refractivity (Wildman–Crippen MR) is 132 cm³/mol. The summed E-state index contributed by atoms with van der Waals surface area (Å²) >= 11 is 0. The van der Waals surface area contributed by atoms with Crippen LogP contribution in [0.25, 0.3) is 39.2 Å². The van der Waals surface area contributed by atoms with Crippen molar-refractivity contribution in [3.05, 3.63) is 60.5 Å². The Balaban J connectivity index is 1.43. The summed E-state index contributed by atoms with van der Waals surface area (Å²) in [7, 11) is -2.57. The summed E-state index contributed by atoms with van der Waals surface area (Å²) in [6.45, 7) is 0.654. The molecule has 2 aliphatic rings. The van der Waals surface area contributed by atoms with E-state index < -0.39 is 16.7 Å². The molecule has 2 aliphatic heterocycles. The number of nitrogens with zero attached hydrogens (tertiary/aromatic N) is 5. The quantitative estimate of drug-likeness (QED) is 0.349. The highest BCUT2D eigenvalue weighted by Gasteiger charge is 2.36. The maximum absolute atomic E-state index is 13.6. The van der Waals surface area contributed by atoms with Crippen molar-refractivity contribution in [2.75, 3.05) is 24.6 Å². The molecule has 0 saturated carbocycles. The molecule has 10 nitrogen and oxygen atoms in total. The van der Waals surface area contributed by atoms with E-state index in [4.69, 9.17) is 9.52 Å². The first-order valence-electron chi connectivity index (χ1n) is 11.3. The van der Waals surface area contributed by atoms with Gasteiger partial charge in [0.25, 0.3) is 0 Å². The van der Waals surface area contributed by atoms with Gasteiger partial charge in [-0.15, -0.1) is 0 Å². The van der Waals surface area contributed by atoms with E-state index in [2.05, 4.69) is 9.97 Å². The Morgan fingerprint density at radius 2 is 1.92 bits per heavy atom. The van der Waals surface area contributed by atoms with Gasteiger partial charge in [-0.25, -0.2) is 19.2 Å². The molecule has 3 aromatic heterocycles. The molecule has 5 heterocycles. The van der Waals surface area contributed by atoms with Crippen molar-refractivity contribution in [1.29, 1.82) is 0 Å². The normalized spacial score (nSPS) is 18.6. The van der Waals surface area contributed by atoms with Crippen LogP contribution in [-0.4, -0.2) is 69.5 Å². The topological polar surface area (TPSA) is 138 Å². The van der Waals surface area contributed by atoms with Crippen LogP contribution in [0.2, 0.25) is 0 Å². The lowest BCUT2D eigenvalue weighted by atomic mass is 10.0. The molecule has 4 aromatic rings. The average Bonchev–Trinajstić information content (AvgIpc) is 3.48. The molecule has 0 spiro atoms. The molecule has 0 radical (unpaired) electrons. The molecule has 6 rings (SSSR count). The van der Waals surface area contributed by atoms with Gasteiger partial charge in [0, 0.05) is 30.4 Å². The fourth-order valence-corrected chi connectivity index (χ4v) is 6.03. The van der Waals surface area contributed by atoms with Crippen LogP contribution in [0, 0.1) is 5.82 Å². The zero-order valence-corrected chi connectivity index (χ0v) is 19.7. The Labute approximate surface area is 206 Å². The SMILES string of the molecule is O=C(O)N1CC=C(c2cc3c(-c4cn(C5CS(O)(O)C5)nc4-c4ccc(F)cc4)ncnc3o2)CC1. The molecule has 3 N–H and O–H groups in total. The van der Waals surface area contributed by atoms with E-state index in [0.29, 0.717) is 52.3 Å². The largest absolute Gasteiger partial charge is 0.465 e. The third kappa shape index (κ3) is 4.02. The Bertz CT molecular complexity index is 1510. The zero-order chi connectivity index (χ0) is 25.0. The second-order valence-corrected chi connectivity index (χ2v) is 11.2. The maximum Gasteiger partial charge on any atom is 0.407 e. The highest BCUT2D eigenvalue weighted by atomic mass is 32.3. The molecule has 12 heteroatoms. The van der Waals surface area contributed by atoms with Gasteiger partial charge in [0.15, 0.2) is 0 Å². The van der Waals surface area contributed by atoms with E-state index in [0.717, 1.165) is 5.57 Å². The van der Waals surface area contributed by atoms with Gasteiger partial charge in [-0.3, -0.25) is 13.8 Å². The lowest BCUT2D eigenvalue weighted by molar-refractivity contribution is 0.150. The van der Waals surface area contributed by atoms with Crippen molar-refractivity contribution < 1.29 is 27.8 Å². The molecule has 0 bridgehead atoms. The highest BCUT2D eigenvalue weighted by molar-refractivity contribution is 8.25. The number of aromatic nitrogens is 4. The van der Waals surface area contributed by atoms with Crippen LogP contribution in [0.4, 0.5) is 9.18 Å². The second-order valence-electron chi connectivity index (χ2n) is 8.93. The lowest BCUT2D eigenvalue weighted by Gasteiger charge is -2.46. The van der Waals surface area contributed by atoms with Crippen LogP contribution >= 0.6 is 10.6 Å². The van der Waals surface area contributed by atoms with Crippen molar-refractivity contribution in [2.24, 2.45) is 0 Å². The number of carbonyl (C=O) groups is 1. The van der Waals surface area contributed by atoms with Crippen molar-refractivity contribution in [3.8, 4) is 22.5 Å². The molecule has 186 valence electrons. The van der Waals surface area contributed by atoms with E-state index in [1.54, 1.807) is 16.8 Å². The van der Waals surface area contributed by atoms with Gasteiger partial charge in [0.05, 0.1) is 28.6 Å². The molecule has 36 heavy (non-hydrogen) atoms. The summed E-state index contributed by atoms with van der Waals surface area (Å²) in [5, 5.41) is 14.6. The smallest absolute Gasteiger partial charge is 0.407 e. The van der Waals surface area contributed by atoms with Crippen molar-refractivity contribution in [3.63, 3.8) is 0 Å². The van der Waals surface area contributed by atoms with Gasteiger partial charge in [-0.1, -0.05) is 6.08 Å². The molecular weight excluding hydrogens is 489 g/mol. The number of amides is 1. The van der Waals surface area contributed by atoms with E-state index in [-0.39, 0.29) is 29.9 Å². The monoisotopic (exact) mass is 511 g/mol. The van der Waals surface area contributed by atoms with E-state index in [9.17, 15) is 23.4 Å². The van der Waals surface area contributed by atoms with Gasteiger partial charge in [0.2, 0.25) is 5.71 Å². The fourth-order valence-electron chi connectivity index (χ4n) is 4.59. The number of hydrogen-bond acceptors (Lipinski definition) is 7. The van der Waals surface area contributed by atoms with E-state index in [1.807, 2.05) is 18.3 Å². The summed E-state index contributed by atoms with van der Waals surface area (Å²) in [6.07, 6.45) is 4.61. The fraction of sp³-hybridized carbons (Fsp3) is 0.250. The Morgan fingerprint density at radius 1 is 1.14 bits per heavy atom. The second kappa shape index (κ2) is 8.43. The number of hydrogen-bond donors (Lipinski definition) is 3. The number of benzene rings is 1. The van der Waals surface area contributed by atoms with E-state index in [1.165, 1.54) is 23.4 Å². The lowest BCUT2D eigenvalue weighted by Crippen LogP contribution is -2.35. The predicted octanol–water partition coefficient (Wildman–Crippen LogP) is 4.96. The minimum absolute atomic E-state index is 0.162. The number of rotatable bonds is 4. The highest BCUT2D eigenvalue weighted by Crippen LogP contribution is 2.54. The Hall–Kier alpha value is -3.74. The van der Waals surface area contributed by atoms with Crippen LogP contribution in [-0.2, 0) is 0 Å². The third-order valence-corrected chi connectivity index (χ3v) is 8.36. The summed E-state index contributed by atoms with van der Waals surface area (Å²) in [5.74, 6) is 0.695. The standard InChI is InChI=1S/C24H22FN5O5S/c25-16-3-1-15(2-4-16)21-19(10-30(28-21)17-11-36(33,34)12-17)22-18-9-20(35-23(18)27-13-26-22)14-5-7-29(8-6-14)24(31)32/h1-5,9-10,13,17,33-34H,6-8,11-12H2,(H,31,32). The first kappa shape index (κ1) is 22.7.